The Balaban J connectivity index is 2.02. The minimum atomic E-state index is -0.882. The Morgan fingerprint density at radius 2 is 2.09 bits per heavy atom. The summed E-state index contributed by atoms with van der Waals surface area (Å²) in [5.74, 6) is -1.18. The number of urea groups is 1. The number of rotatable bonds is 5. The summed E-state index contributed by atoms with van der Waals surface area (Å²) in [6.45, 7) is 0.233. The summed E-state index contributed by atoms with van der Waals surface area (Å²) < 4.78 is 9.76. The number of hydrogen-bond donors (Lipinski definition) is 2. The molecule has 2 atom stereocenters. The molecular formula is C14H15ClN2O5. The zero-order valence-electron chi connectivity index (χ0n) is 11.6. The predicted octanol–water partition coefficient (Wildman–Crippen LogP) is 1.30. The first kappa shape index (κ1) is 16.1. The number of esters is 2. The third kappa shape index (κ3) is 4.36. The van der Waals surface area contributed by atoms with E-state index < -0.39 is 30.1 Å². The molecule has 1 aliphatic heterocycles. The van der Waals surface area contributed by atoms with Crippen LogP contribution in [0, 0.1) is 0 Å². The summed E-state index contributed by atoms with van der Waals surface area (Å²) in [6.07, 6.45) is -0.708. The number of nitrogens with one attached hydrogen (secondary N) is 1. The average Bonchev–Trinajstić information content (AvgIpc) is 2.84. The van der Waals surface area contributed by atoms with Crippen molar-refractivity contribution in [1.82, 2.24) is 5.32 Å². The molecule has 22 heavy (non-hydrogen) atoms. The summed E-state index contributed by atoms with van der Waals surface area (Å²) in [7, 11) is 0. The van der Waals surface area contributed by atoms with E-state index >= 15 is 0 Å². The zero-order valence-corrected chi connectivity index (χ0v) is 12.3. The minimum absolute atomic E-state index is 0.158. The van der Waals surface area contributed by atoms with Gasteiger partial charge >= 0.3 is 18.0 Å². The summed E-state index contributed by atoms with van der Waals surface area (Å²) in [6, 6.07) is 5.16. The molecule has 1 aromatic rings. The number of hydrogen-bond acceptors (Lipinski definition) is 5. The van der Waals surface area contributed by atoms with Crippen molar-refractivity contribution in [2.24, 2.45) is 5.73 Å². The highest BCUT2D eigenvalue weighted by Crippen LogP contribution is 2.21. The summed E-state index contributed by atoms with van der Waals surface area (Å²) >= 11 is 5.80. The van der Waals surface area contributed by atoms with Crippen LogP contribution >= 0.6 is 11.6 Å². The minimum Gasteiger partial charge on any atom is -0.463 e. The number of primary amides is 1. The highest BCUT2D eigenvalue weighted by Gasteiger charge is 2.31. The number of carbonyl (C=O) groups is 3. The van der Waals surface area contributed by atoms with E-state index in [1.807, 2.05) is 0 Å². The van der Waals surface area contributed by atoms with Crippen molar-refractivity contribution in [1.29, 1.82) is 0 Å². The molecule has 1 aromatic carbocycles. The zero-order chi connectivity index (χ0) is 16.1. The van der Waals surface area contributed by atoms with E-state index in [1.54, 1.807) is 24.3 Å². The molecule has 0 aromatic heterocycles. The van der Waals surface area contributed by atoms with Crippen LogP contribution in [0.5, 0.6) is 0 Å². The molecule has 1 heterocycles. The van der Waals surface area contributed by atoms with Crippen LogP contribution in [-0.4, -0.2) is 30.7 Å². The molecule has 118 valence electrons. The van der Waals surface area contributed by atoms with Crippen LogP contribution in [0.15, 0.2) is 24.3 Å². The molecule has 1 fully saturated rings. The number of amides is 2. The molecule has 3 N–H and O–H groups in total. The van der Waals surface area contributed by atoms with E-state index in [2.05, 4.69) is 5.32 Å². The van der Waals surface area contributed by atoms with Crippen molar-refractivity contribution < 1.29 is 23.9 Å². The lowest BCUT2D eigenvalue weighted by molar-refractivity contribution is -0.160. The summed E-state index contributed by atoms with van der Waals surface area (Å²) in [5, 5.41) is 2.99. The van der Waals surface area contributed by atoms with Crippen molar-refractivity contribution in [2.75, 3.05) is 6.61 Å². The molecule has 8 heteroatoms. The molecule has 0 bridgehead atoms. The van der Waals surface area contributed by atoms with Crippen molar-refractivity contribution in [3.05, 3.63) is 34.9 Å². The topological polar surface area (TPSA) is 108 Å². The SMILES string of the molecule is NC(=O)N[C@H](CC(=O)O[C@H]1CCOC1=O)c1ccc(Cl)cc1. The standard InChI is InChI=1S/C14H15ClN2O5/c15-9-3-1-8(2-4-9)10(17-14(16)20)7-12(18)22-11-5-6-21-13(11)19/h1-4,10-11H,5-7H2,(H3,16,17,20)/t10-,11+/m1/s1. The summed E-state index contributed by atoms with van der Waals surface area (Å²) in [4.78, 5) is 34.3. The molecule has 1 aliphatic rings. The molecule has 1 saturated heterocycles. The van der Waals surface area contributed by atoms with Crippen molar-refractivity contribution in [2.45, 2.75) is 25.0 Å². The van der Waals surface area contributed by atoms with E-state index in [-0.39, 0.29) is 13.0 Å². The lowest BCUT2D eigenvalue weighted by atomic mass is 10.0. The molecule has 2 amide bonds. The van der Waals surface area contributed by atoms with Gasteiger partial charge in [-0.3, -0.25) is 4.79 Å². The monoisotopic (exact) mass is 326 g/mol. The van der Waals surface area contributed by atoms with E-state index in [4.69, 9.17) is 26.8 Å². The van der Waals surface area contributed by atoms with Crippen LogP contribution in [0.1, 0.15) is 24.4 Å². The fourth-order valence-corrected chi connectivity index (χ4v) is 2.20. The molecular weight excluding hydrogens is 312 g/mol. The number of ether oxygens (including phenoxy) is 2. The number of halogens is 1. The molecule has 0 saturated carbocycles. The van der Waals surface area contributed by atoms with Crippen molar-refractivity contribution >= 4 is 29.6 Å². The predicted molar refractivity (Wildman–Crippen MR) is 77.0 cm³/mol. The fraction of sp³-hybridized carbons (Fsp3) is 0.357. The molecule has 7 nitrogen and oxygen atoms in total. The Morgan fingerprint density at radius 1 is 1.41 bits per heavy atom. The molecule has 2 rings (SSSR count). The fourth-order valence-electron chi connectivity index (χ4n) is 2.08. The van der Waals surface area contributed by atoms with Gasteiger partial charge in [0.15, 0.2) is 0 Å². The van der Waals surface area contributed by atoms with Crippen LogP contribution in [0.2, 0.25) is 5.02 Å². The van der Waals surface area contributed by atoms with E-state index in [1.165, 1.54) is 0 Å². The highest BCUT2D eigenvalue weighted by atomic mass is 35.5. The second kappa shape index (κ2) is 7.13. The van der Waals surface area contributed by atoms with Gasteiger partial charge in [-0.15, -0.1) is 0 Å². The highest BCUT2D eigenvalue weighted by molar-refractivity contribution is 6.30. The number of carbonyl (C=O) groups excluding carboxylic acids is 3. The van der Waals surface area contributed by atoms with Crippen LogP contribution in [-0.2, 0) is 19.1 Å². The Bertz CT molecular complexity index is 575. The van der Waals surface area contributed by atoms with Gasteiger partial charge in [0.2, 0.25) is 6.10 Å². The second-order valence-corrected chi connectivity index (χ2v) is 5.19. The molecule has 0 aliphatic carbocycles. The van der Waals surface area contributed by atoms with Gasteiger partial charge < -0.3 is 20.5 Å². The van der Waals surface area contributed by atoms with Crippen LogP contribution < -0.4 is 11.1 Å². The van der Waals surface area contributed by atoms with Gasteiger partial charge in [-0.05, 0) is 17.7 Å². The van der Waals surface area contributed by atoms with E-state index in [9.17, 15) is 14.4 Å². The maximum atomic E-state index is 11.9. The van der Waals surface area contributed by atoms with Gasteiger partial charge in [-0.1, -0.05) is 23.7 Å². The van der Waals surface area contributed by atoms with E-state index in [0.717, 1.165) is 0 Å². The number of nitrogens with two attached hydrogens (primary N) is 1. The summed E-state index contributed by atoms with van der Waals surface area (Å²) in [5.41, 5.74) is 5.77. The van der Waals surface area contributed by atoms with Gasteiger partial charge in [0.25, 0.3) is 0 Å². The van der Waals surface area contributed by atoms with Gasteiger partial charge in [0.1, 0.15) is 0 Å². The first-order valence-electron chi connectivity index (χ1n) is 6.63. The van der Waals surface area contributed by atoms with Crippen LogP contribution in [0.25, 0.3) is 0 Å². The van der Waals surface area contributed by atoms with Crippen molar-refractivity contribution in [3.8, 4) is 0 Å². The van der Waals surface area contributed by atoms with Gasteiger partial charge in [0, 0.05) is 11.4 Å². The Kier molecular flexibility index (Phi) is 5.21. The maximum Gasteiger partial charge on any atom is 0.347 e. The van der Waals surface area contributed by atoms with E-state index in [0.29, 0.717) is 17.0 Å². The first-order valence-corrected chi connectivity index (χ1v) is 7.01. The Labute approximate surface area is 131 Å². The Morgan fingerprint density at radius 3 is 2.64 bits per heavy atom. The third-order valence-electron chi connectivity index (χ3n) is 3.12. The van der Waals surface area contributed by atoms with Gasteiger partial charge in [-0.25, -0.2) is 9.59 Å². The Hall–Kier alpha value is -2.28. The molecule has 0 spiro atoms. The van der Waals surface area contributed by atoms with Gasteiger partial charge in [-0.2, -0.15) is 0 Å². The maximum absolute atomic E-state index is 11.9. The smallest absolute Gasteiger partial charge is 0.347 e. The van der Waals surface area contributed by atoms with Gasteiger partial charge in [0.05, 0.1) is 19.1 Å². The van der Waals surface area contributed by atoms with Crippen LogP contribution in [0.4, 0.5) is 4.79 Å². The molecule has 0 unspecified atom stereocenters. The lowest BCUT2D eigenvalue weighted by Gasteiger charge is -2.18. The number of benzene rings is 1. The van der Waals surface area contributed by atoms with Crippen LogP contribution in [0.3, 0.4) is 0 Å². The lowest BCUT2D eigenvalue weighted by Crippen LogP contribution is -2.35. The average molecular weight is 327 g/mol. The quantitative estimate of drug-likeness (QED) is 0.793. The molecule has 0 radical (unpaired) electrons. The second-order valence-electron chi connectivity index (χ2n) is 4.75. The third-order valence-corrected chi connectivity index (χ3v) is 3.37. The first-order chi connectivity index (χ1) is 10.5. The normalized spacial score (nSPS) is 18.4. The largest absolute Gasteiger partial charge is 0.463 e. The van der Waals surface area contributed by atoms with Crippen molar-refractivity contribution in [3.63, 3.8) is 0 Å². The number of cyclic esters (lactones) is 1.